The van der Waals surface area contributed by atoms with Gasteiger partial charge in [-0.05, 0) is 41.0 Å². The lowest BCUT2D eigenvalue weighted by molar-refractivity contribution is -0.268. The molecule has 11 heteroatoms. The lowest BCUT2D eigenvalue weighted by Gasteiger charge is -2.41. The smallest absolute Gasteiger partial charge is 0.408 e. The lowest BCUT2D eigenvalue weighted by atomic mass is 9.91. The summed E-state index contributed by atoms with van der Waals surface area (Å²) in [7, 11) is 0. The van der Waals surface area contributed by atoms with Crippen molar-refractivity contribution in [2.24, 2.45) is 5.92 Å². The average molecular weight is 654 g/mol. The van der Waals surface area contributed by atoms with Crippen LogP contribution in [0.25, 0.3) is 0 Å². The van der Waals surface area contributed by atoms with E-state index in [0.717, 1.165) is 26.6 Å². The monoisotopic (exact) mass is 653 g/mol. The van der Waals surface area contributed by atoms with Crippen LogP contribution >= 0.6 is 11.8 Å². The van der Waals surface area contributed by atoms with E-state index in [9.17, 15) is 19.5 Å². The maximum absolute atomic E-state index is 13.4. The Kier molecular flexibility index (Phi) is 10.3. The largest absolute Gasteiger partial charge is 0.445 e. The molecule has 2 fully saturated rings. The number of hydrogen-bond donors (Lipinski definition) is 2. The fourth-order valence-corrected chi connectivity index (χ4v) is 6.67. The Labute approximate surface area is 277 Å². The van der Waals surface area contributed by atoms with Crippen LogP contribution in [-0.4, -0.2) is 45.9 Å². The summed E-state index contributed by atoms with van der Waals surface area (Å²) < 4.78 is 18.4. The van der Waals surface area contributed by atoms with Crippen LogP contribution in [0.1, 0.15) is 48.0 Å². The molecule has 0 aliphatic carbocycles. The van der Waals surface area contributed by atoms with Crippen LogP contribution in [-0.2, 0) is 37.0 Å². The quantitative estimate of drug-likeness (QED) is 0.163. The summed E-state index contributed by atoms with van der Waals surface area (Å²) >= 11 is 1.60. The molecular weight excluding hydrogens is 618 g/mol. The Hall–Kier alpha value is -4.55. The Morgan fingerprint density at radius 3 is 2.49 bits per heavy atom. The van der Waals surface area contributed by atoms with Crippen molar-refractivity contribution in [3.05, 3.63) is 126 Å². The highest BCUT2D eigenvalue weighted by Crippen LogP contribution is 2.43. The molecule has 2 aliphatic heterocycles. The van der Waals surface area contributed by atoms with E-state index in [-0.39, 0.29) is 37.8 Å². The summed E-state index contributed by atoms with van der Waals surface area (Å²) in [5.41, 5.74) is 3.55. The number of nitrogens with one attached hydrogen (secondary N) is 1. The third-order valence-electron chi connectivity index (χ3n) is 8.21. The van der Waals surface area contributed by atoms with Gasteiger partial charge in [-0.15, -0.1) is 11.8 Å². The molecule has 1 aromatic heterocycles. The van der Waals surface area contributed by atoms with E-state index in [0.29, 0.717) is 17.0 Å². The molecule has 6 rings (SSSR count). The fraction of sp³-hybridized carbons (Fsp3) is 0.278. The molecule has 3 aromatic carbocycles. The van der Waals surface area contributed by atoms with Gasteiger partial charge in [0.25, 0.3) is 5.91 Å². The van der Waals surface area contributed by atoms with E-state index >= 15 is 0 Å². The topological polar surface area (TPSA) is 127 Å². The molecule has 0 saturated carbocycles. The Morgan fingerprint density at radius 2 is 1.74 bits per heavy atom. The maximum atomic E-state index is 13.4. The first-order valence-electron chi connectivity index (χ1n) is 15.4. The third kappa shape index (κ3) is 7.71. The van der Waals surface area contributed by atoms with E-state index in [1.165, 1.54) is 0 Å². The van der Waals surface area contributed by atoms with Crippen LogP contribution in [0.3, 0.4) is 0 Å². The molecule has 2 N–H and O–H groups in total. The van der Waals surface area contributed by atoms with Gasteiger partial charge in [-0.25, -0.2) is 14.7 Å². The van der Waals surface area contributed by atoms with Crippen LogP contribution in [0, 0.1) is 5.92 Å². The van der Waals surface area contributed by atoms with E-state index < -0.39 is 30.2 Å². The average Bonchev–Trinajstić information content (AvgIpc) is 3.39. The number of carbonyl (C=O) groups excluding carboxylic acids is 3. The van der Waals surface area contributed by atoms with Gasteiger partial charge in [0, 0.05) is 23.4 Å². The van der Waals surface area contributed by atoms with Crippen molar-refractivity contribution in [1.29, 1.82) is 0 Å². The van der Waals surface area contributed by atoms with Crippen molar-refractivity contribution in [2.45, 2.75) is 56.1 Å². The summed E-state index contributed by atoms with van der Waals surface area (Å²) in [6.07, 6.45) is -0.553. The predicted molar refractivity (Wildman–Crippen MR) is 175 cm³/mol. The number of benzene rings is 3. The van der Waals surface area contributed by atoms with E-state index in [2.05, 4.69) is 17.2 Å². The highest BCUT2D eigenvalue weighted by molar-refractivity contribution is 7.99. The number of imide groups is 1. The van der Waals surface area contributed by atoms with Gasteiger partial charge in [-0.3, -0.25) is 9.59 Å². The molecule has 0 bridgehead atoms. The summed E-state index contributed by atoms with van der Waals surface area (Å²) in [5, 5.41) is 13.0. The predicted octanol–water partition coefficient (Wildman–Crippen LogP) is 5.72. The molecule has 0 spiro atoms. The molecule has 10 nitrogen and oxygen atoms in total. The second kappa shape index (κ2) is 14.9. The standard InChI is InChI=1S/C36H35N3O7S/c1-23-30(22-47-31-12-5-6-17-37-31)45-35(46-33(23)26-15-13-24(20-40)14-16-26)27-10-7-11-28(18-27)39-32(41)19-29(34(39)42)38-36(43)44-21-25-8-3-2-4-9-25/h2-18,23,29-30,33,35,40H,19-22H2,1H3,(H,38,43). The van der Waals surface area contributed by atoms with Crippen LogP contribution in [0.2, 0.25) is 0 Å². The number of amides is 3. The van der Waals surface area contributed by atoms with Gasteiger partial charge >= 0.3 is 6.09 Å². The van der Waals surface area contributed by atoms with Crippen molar-refractivity contribution < 1.29 is 33.7 Å². The summed E-state index contributed by atoms with van der Waals surface area (Å²) in [4.78, 5) is 44.4. The summed E-state index contributed by atoms with van der Waals surface area (Å²) in [6.45, 7) is 2.07. The van der Waals surface area contributed by atoms with Gasteiger partial charge in [0.15, 0.2) is 6.29 Å². The molecular formula is C36H35N3O7S. The van der Waals surface area contributed by atoms with Crippen LogP contribution in [0.4, 0.5) is 10.5 Å². The highest BCUT2D eigenvalue weighted by Gasteiger charge is 2.42. The van der Waals surface area contributed by atoms with Crippen molar-refractivity contribution in [3.8, 4) is 0 Å². The molecule has 5 unspecified atom stereocenters. The second-order valence-electron chi connectivity index (χ2n) is 11.4. The van der Waals surface area contributed by atoms with Crippen molar-refractivity contribution in [3.63, 3.8) is 0 Å². The zero-order valence-electron chi connectivity index (χ0n) is 25.7. The Morgan fingerprint density at radius 1 is 0.957 bits per heavy atom. The molecule has 47 heavy (non-hydrogen) atoms. The molecule has 4 aromatic rings. The van der Waals surface area contributed by atoms with Gasteiger partial charge in [0.1, 0.15) is 12.6 Å². The second-order valence-corrected chi connectivity index (χ2v) is 12.5. The van der Waals surface area contributed by atoms with Crippen LogP contribution < -0.4 is 10.2 Å². The Bertz CT molecular complexity index is 1690. The normalized spacial score (nSPS) is 22.7. The van der Waals surface area contributed by atoms with Crippen molar-refractivity contribution in [1.82, 2.24) is 10.3 Å². The fourth-order valence-electron chi connectivity index (χ4n) is 5.64. The maximum Gasteiger partial charge on any atom is 0.408 e. The number of alkyl carbamates (subject to hydrolysis) is 1. The molecule has 5 atom stereocenters. The Balaban J connectivity index is 1.18. The zero-order valence-corrected chi connectivity index (χ0v) is 26.5. The minimum atomic E-state index is -1.04. The van der Waals surface area contributed by atoms with Gasteiger partial charge < -0.3 is 24.6 Å². The molecule has 3 heterocycles. The van der Waals surface area contributed by atoms with Crippen molar-refractivity contribution in [2.75, 3.05) is 10.7 Å². The van der Waals surface area contributed by atoms with Gasteiger partial charge in [0.2, 0.25) is 5.91 Å². The third-order valence-corrected chi connectivity index (χ3v) is 9.24. The number of aliphatic hydroxyl groups is 1. The van der Waals surface area contributed by atoms with Gasteiger partial charge in [0.05, 0.1) is 35.9 Å². The van der Waals surface area contributed by atoms with Crippen LogP contribution in [0.5, 0.6) is 0 Å². The zero-order chi connectivity index (χ0) is 32.8. The highest BCUT2D eigenvalue weighted by atomic mass is 32.2. The van der Waals surface area contributed by atoms with Gasteiger partial charge in [-0.1, -0.05) is 79.7 Å². The number of anilines is 1. The molecule has 2 aliphatic rings. The number of nitrogens with zero attached hydrogens (tertiary/aromatic N) is 2. The van der Waals surface area contributed by atoms with Crippen LogP contribution in [0.15, 0.2) is 108 Å². The number of ether oxygens (including phenoxy) is 3. The van der Waals surface area contributed by atoms with Gasteiger partial charge in [-0.2, -0.15) is 0 Å². The minimum Gasteiger partial charge on any atom is -0.445 e. The molecule has 0 radical (unpaired) electrons. The number of aliphatic hydroxyl groups excluding tert-OH is 1. The number of carbonyl (C=O) groups is 3. The number of hydrogen-bond acceptors (Lipinski definition) is 9. The number of aromatic nitrogens is 1. The van der Waals surface area contributed by atoms with E-state index in [1.54, 1.807) is 36.2 Å². The molecule has 2 saturated heterocycles. The number of pyridine rings is 1. The number of rotatable bonds is 10. The first-order chi connectivity index (χ1) is 22.9. The first kappa shape index (κ1) is 32.4. The molecule has 3 amide bonds. The number of thioether (sulfide) groups is 1. The first-order valence-corrected chi connectivity index (χ1v) is 16.4. The minimum absolute atomic E-state index is 0.0270. The summed E-state index contributed by atoms with van der Waals surface area (Å²) in [5.74, 6) is -0.388. The van der Waals surface area contributed by atoms with E-state index in [1.807, 2.05) is 78.9 Å². The SMILES string of the molecule is CC1C(CSc2ccccn2)OC(c2cccc(N3C(=O)CC(NC(=O)OCc4ccccc4)C3=O)c2)OC1c1ccc(CO)cc1. The molecule has 242 valence electrons. The summed E-state index contributed by atoms with van der Waals surface area (Å²) in [6, 6.07) is 28.5. The lowest BCUT2D eigenvalue weighted by Crippen LogP contribution is -2.42. The van der Waals surface area contributed by atoms with Crippen molar-refractivity contribution >= 4 is 35.4 Å². The van der Waals surface area contributed by atoms with E-state index in [4.69, 9.17) is 14.2 Å².